The summed E-state index contributed by atoms with van der Waals surface area (Å²) in [6, 6.07) is 0. The maximum Gasteiger partial charge on any atom is 0.226 e. The van der Waals surface area contributed by atoms with E-state index in [1.54, 1.807) is 7.05 Å². The number of rotatable bonds is 3. The summed E-state index contributed by atoms with van der Waals surface area (Å²) in [4.78, 5) is 11.7. The van der Waals surface area contributed by atoms with E-state index in [-0.39, 0.29) is 11.3 Å². The standard InChI is InChI=1S/C10H20N2O/c1-3-4-10(9(13)11-2)5-7-12-8-6-10/h12H,3-8H2,1-2H3,(H,11,13). The smallest absolute Gasteiger partial charge is 0.226 e. The molecule has 1 aliphatic heterocycles. The van der Waals surface area contributed by atoms with E-state index in [2.05, 4.69) is 17.6 Å². The monoisotopic (exact) mass is 184 g/mol. The molecule has 1 aliphatic rings. The lowest BCUT2D eigenvalue weighted by atomic mass is 9.74. The first-order valence-electron chi connectivity index (χ1n) is 5.18. The molecule has 0 aromatic carbocycles. The normalized spacial score (nSPS) is 21.1. The van der Waals surface area contributed by atoms with Gasteiger partial charge in [-0.15, -0.1) is 0 Å². The van der Waals surface area contributed by atoms with Crippen LogP contribution in [0.3, 0.4) is 0 Å². The first kappa shape index (κ1) is 10.5. The van der Waals surface area contributed by atoms with Crippen LogP contribution in [0, 0.1) is 5.41 Å². The van der Waals surface area contributed by atoms with E-state index in [9.17, 15) is 4.79 Å². The Balaban J connectivity index is 2.66. The molecule has 0 aliphatic carbocycles. The summed E-state index contributed by atoms with van der Waals surface area (Å²) in [5.74, 6) is 0.232. The Kier molecular flexibility index (Phi) is 3.72. The fourth-order valence-corrected chi connectivity index (χ4v) is 2.24. The van der Waals surface area contributed by atoms with Gasteiger partial charge in [0.25, 0.3) is 0 Å². The van der Waals surface area contributed by atoms with Crippen molar-refractivity contribution in [2.24, 2.45) is 5.41 Å². The molecule has 2 N–H and O–H groups in total. The van der Waals surface area contributed by atoms with E-state index in [0.29, 0.717) is 0 Å². The maximum absolute atomic E-state index is 11.7. The van der Waals surface area contributed by atoms with Crippen molar-refractivity contribution < 1.29 is 4.79 Å². The van der Waals surface area contributed by atoms with E-state index < -0.39 is 0 Å². The molecule has 76 valence electrons. The molecule has 1 saturated heterocycles. The number of carbonyl (C=O) groups excluding carboxylic acids is 1. The first-order valence-corrected chi connectivity index (χ1v) is 5.18. The SMILES string of the molecule is CCCC1(C(=O)NC)CCNCC1. The minimum atomic E-state index is -0.0747. The number of carbonyl (C=O) groups is 1. The van der Waals surface area contributed by atoms with Crippen LogP contribution in [0.1, 0.15) is 32.6 Å². The first-order chi connectivity index (χ1) is 6.25. The van der Waals surface area contributed by atoms with Crippen LogP contribution in [-0.2, 0) is 4.79 Å². The second kappa shape index (κ2) is 4.61. The second-order valence-electron chi connectivity index (χ2n) is 3.86. The highest BCUT2D eigenvalue weighted by atomic mass is 16.2. The number of hydrogen-bond acceptors (Lipinski definition) is 2. The highest BCUT2D eigenvalue weighted by Crippen LogP contribution is 2.33. The fraction of sp³-hybridized carbons (Fsp3) is 0.900. The highest BCUT2D eigenvalue weighted by molar-refractivity contribution is 5.82. The summed E-state index contributed by atoms with van der Waals surface area (Å²) in [6.07, 6.45) is 4.09. The molecule has 0 radical (unpaired) electrons. The van der Waals surface area contributed by atoms with Gasteiger partial charge in [0, 0.05) is 7.05 Å². The van der Waals surface area contributed by atoms with Crippen LogP contribution >= 0.6 is 0 Å². The van der Waals surface area contributed by atoms with Crippen LogP contribution < -0.4 is 10.6 Å². The molecule has 0 unspecified atom stereocenters. The predicted molar refractivity (Wildman–Crippen MR) is 53.5 cm³/mol. The van der Waals surface area contributed by atoms with Gasteiger partial charge in [-0.2, -0.15) is 0 Å². The molecule has 3 nitrogen and oxygen atoms in total. The Hall–Kier alpha value is -0.570. The summed E-state index contributed by atoms with van der Waals surface area (Å²) in [7, 11) is 1.74. The van der Waals surface area contributed by atoms with Gasteiger partial charge in [0.15, 0.2) is 0 Å². The van der Waals surface area contributed by atoms with Crippen molar-refractivity contribution >= 4 is 5.91 Å². The Labute approximate surface area is 80.3 Å². The van der Waals surface area contributed by atoms with Crippen LogP contribution in [0.4, 0.5) is 0 Å². The zero-order valence-corrected chi connectivity index (χ0v) is 8.65. The number of hydrogen-bond donors (Lipinski definition) is 2. The van der Waals surface area contributed by atoms with Gasteiger partial charge in [0.05, 0.1) is 5.41 Å². The number of piperidine rings is 1. The van der Waals surface area contributed by atoms with E-state index >= 15 is 0 Å². The molecule has 3 heteroatoms. The Morgan fingerprint density at radius 3 is 2.54 bits per heavy atom. The molecule has 0 atom stereocenters. The molecule has 0 aromatic heterocycles. The third kappa shape index (κ3) is 2.21. The van der Waals surface area contributed by atoms with Gasteiger partial charge in [-0.05, 0) is 32.4 Å². The largest absolute Gasteiger partial charge is 0.359 e. The molecule has 1 heterocycles. The van der Waals surface area contributed by atoms with Gasteiger partial charge in [-0.1, -0.05) is 13.3 Å². The average molecular weight is 184 g/mol. The van der Waals surface area contributed by atoms with Crippen LogP contribution in [0.5, 0.6) is 0 Å². The molecule has 0 saturated carbocycles. The summed E-state index contributed by atoms with van der Waals surface area (Å²) >= 11 is 0. The fourth-order valence-electron chi connectivity index (χ4n) is 2.24. The van der Waals surface area contributed by atoms with Crippen LogP contribution in [-0.4, -0.2) is 26.0 Å². The van der Waals surface area contributed by atoms with E-state index in [0.717, 1.165) is 38.8 Å². The number of nitrogens with one attached hydrogen (secondary N) is 2. The van der Waals surface area contributed by atoms with Gasteiger partial charge in [-0.3, -0.25) is 4.79 Å². The lowest BCUT2D eigenvalue weighted by Crippen LogP contribution is -2.46. The van der Waals surface area contributed by atoms with Crippen molar-refractivity contribution in [3.05, 3.63) is 0 Å². The Morgan fingerprint density at radius 1 is 1.46 bits per heavy atom. The summed E-state index contributed by atoms with van der Waals surface area (Å²) in [6.45, 7) is 4.10. The highest BCUT2D eigenvalue weighted by Gasteiger charge is 2.37. The molecule has 0 spiro atoms. The molecule has 1 rings (SSSR count). The minimum absolute atomic E-state index is 0.0747. The molecule has 13 heavy (non-hydrogen) atoms. The quantitative estimate of drug-likeness (QED) is 0.684. The summed E-state index contributed by atoms with van der Waals surface area (Å²) in [5, 5.41) is 6.09. The van der Waals surface area contributed by atoms with Crippen molar-refractivity contribution in [3.8, 4) is 0 Å². The van der Waals surface area contributed by atoms with Crippen LogP contribution in [0.15, 0.2) is 0 Å². The zero-order chi connectivity index (χ0) is 9.73. The topological polar surface area (TPSA) is 41.1 Å². The van der Waals surface area contributed by atoms with Gasteiger partial charge >= 0.3 is 0 Å². The van der Waals surface area contributed by atoms with E-state index in [1.165, 1.54) is 0 Å². The molecule has 1 fully saturated rings. The molecular formula is C10H20N2O. The predicted octanol–water partition coefficient (Wildman–Crippen LogP) is 0.902. The van der Waals surface area contributed by atoms with Crippen LogP contribution in [0.2, 0.25) is 0 Å². The second-order valence-corrected chi connectivity index (χ2v) is 3.86. The Morgan fingerprint density at radius 2 is 2.08 bits per heavy atom. The van der Waals surface area contributed by atoms with Crippen molar-refractivity contribution in [2.75, 3.05) is 20.1 Å². The molecule has 0 aromatic rings. The average Bonchev–Trinajstić information content (AvgIpc) is 2.18. The van der Waals surface area contributed by atoms with Gasteiger partial charge in [0.2, 0.25) is 5.91 Å². The molecular weight excluding hydrogens is 164 g/mol. The van der Waals surface area contributed by atoms with Crippen LogP contribution in [0.25, 0.3) is 0 Å². The number of amides is 1. The zero-order valence-electron chi connectivity index (χ0n) is 8.65. The van der Waals surface area contributed by atoms with Crippen molar-refractivity contribution in [1.82, 2.24) is 10.6 Å². The minimum Gasteiger partial charge on any atom is -0.359 e. The summed E-state index contributed by atoms with van der Waals surface area (Å²) < 4.78 is 0. The van der Waals surface area contributed by atoms with Crippen molar-refractivity contribution in [3.63, 3.8) is 0 Å². The van der Waals surface area contributed by atoms with Gasteiger partial charge in [0.1, 0.15) is 0 Å². The van der Waals surface area contributed by atoms with E-state index in [1.807, 2.05) is 0 Å². The summed E-state index contributed by atoms with van der Waals surface area (Å²) in [5.41, 5.74) is -0.0747. The van der Waals surface area contributed by atoms with Crippen molar-refractivity contribution in [2.45, 2.75) is 32.6 Å². The lowest BCUT2D eigenvalue weighted by Gasteiger charge is -2.35. The van der Waals surface area contributed by atoms with Gasteiger partial charge < -0.3 is 10.6 Å². The Bertz CT molecular complexity index is 168. The van der Waals surface area contributed by atoms with Crippen molar-refractivity contribution in [1.29, 1.82) is 0 Å². The third-order valence-corrected chi connectivity index (χ3v) is 3.00. The third-order valence-electron chi connectivity index (χ3n) is 3.00. The molecule has 1 amide bonds. The maximum atomic E-state index is 11.7. The van der Waals surface area contributed by atoms with Gasteiger partial charge in [-0.25, -0.2) is 0 Å². The lowest BCUT2D eigenvalue weighted by molar-refractivity contribution is -0.132. The van der Waals surface area contributed by atoms with E-state index in [4.69, 9.17) is 0 Å². The molecule has 0 bridgehead atoms.